The molecule has 0 spiro atoms. The number of carbonyl (C=O) groups excluding carboxylic acids is 2. The van der Waals surface area contributed by atoms with Gasteiger partial charge in [-0.15, -0.1) is 0 Å². The van der Waals surface area contributed by atoms with E-state index in [-0.39, 0.29) is 29.6 Å². The second kappa shape index (κ2) is 21.9. The van der Waals surface area contributed by atoms with E-state index in [1.165, 1.54) is 83.5 Å². The van der Waals surface area contributed by atoms with Crippen molar-refractivity contribution in [1.29, 1.82) is 0 Å². The molecular weight excluding hydrogens is 483 g/mol. The number of rotatable bonds is 21. The number of benzene rings is 1. The van der Waals surface area contributed by atoms with Crippen molar-refractivity contribution in [2.24, 2.45) is 0 Å². The average molecular weight is 532 g/mol. The number of esters is 1. The maximum Gasteiger partial charge on any atom is 0.373 e. The van der Waals surface area contributed by atoms with E-state index in [9.17, 15) is 9.59 Å². The van der Waals surface area contributed by atoms with Gasteiger partial charge in [0.2, 0.25) is 0 Å². The summed E-state index contributed by atoms with van der Waals surface area (Å²) in [6, 6.07) is 8.62. The van der Waals surface area contributed by atoms with E-state index < -0.39 is 11.6 Å². The van der Waals surface area contributed by atoms with Gasteiger partial charge in [-0.25, -0.2) is 4.79 Å². The molecule has 0 N–H and O–H groups in total. The molecule has 0 saturated carbocycles. The molecule has 0 bridgehead atoms. The zero-order valence-corrected chi connectivity index (χ0v) is 23.5. The summed E-state index contributed by atoms with van der Waals surface area (Å²) >= 11 is 0. The van der Waals surface area contributed by atoms with Crippen LogP contribution in [-0.2, 0) is 36.4 Å². The second-order valence-corrected chi connectivity index (χ2v) is 9.94. The van der Waals surface area contributed by atoms with Gasteiger partial charge >= 0.3 is 11.9 Å². The molecule has 0 aromatic heterocycles. The van der Waals surface area contributed by atoms with Crippen LogP contribution in [0.5, 0.6) is 0 Å². The van der Waals surface area contributed by atoms with E-state index in [0.717, 1.165) is 12.8 Å². The van der Waals surface area contributed by atoms with Crippen molar-refractivity contribution in [3.63, 3.8) is 0 Å². The van der Waals surface area contributed by atoms with Gasteiger partial charge in [-0.2, -0.15) is 4.89 Å². The quantitative estimate of drug-likeness (QED) is 0.0524. The Morgan fingerprint density at radius 2 is 1.17 bits per heavy atom. The van der Waals surface area contributed by atoms with Crippen LogP contribution in [0.15, 0.2) is 30.3 Å². The smallest absolute Gasteiger partial charge is 0.373 e. The van der Waals surface area contributed by atoms with Gasteiger partial charge in [0.25, 0.3) is 0 Å². The van der Waals surface area contributed by atoms with Crippen LogP contribution in [0.25, 0.3) is 0 Å². The maximum absolute atomic E-state index is 12.0. The molecule has 35 heavy (non-hydrogen) atoms. The third-order valence-electron chi connectivity index (χ3n) is 5.92. The summed E-state index contributed by atoms with van der Waals surface area (Å²) in [4.78, 5) is 34.0. The summed E-state index contributed by atoms with van der Waals surface area (Å²) in [7, 11) is 0. The summed E-state index contributed by atoms with van der Waals surface area (Å²) in [5.74, 6) is -0.807. The summed E-state index contributed by atoms with van der Waals surface area (Å²) in [5.41, 5.74) is -0.502. The molecule has 6 heteroatoms. The molecular formula is C29H48MnO5. The number of ether oxygens (including phenoxy) is 1. The normalized spacial score (nSPS) is 11.1. The molecule has 1 rings (SSSR count). The fraction of sp³-hybridized carbons (Fsp3) is 0.724. The van der Waals surface area contributed by atoms with Crippen LogP contribution in [0.1, 0.15) is 134 Å². The number of hydrogen-bond donors (Lipinski definition) is 0. The summed E-state index contributed by atoms with van der Waals surface area (Å²) in [5, 5.41) is 0. The van der Waals surface area contributed by atoms with Gasteiger partial charge < -0.3 is 4.74 Å². The molecule has 0 heterocycles. The van der Waals surface area contributed by atoms with Gasteiger partial charge in [0.05, 0.1) is 5.56 Å². The molecule has 0 saturated heterocycles. The Morgan fingerprint density at radius 1 is 0.714 bits per heavy atom. The van der Waals surface area contributed by atoms with Crippen LogP contribution in [0.2, 0.25) is 0 Å². The molecule has 0 atom stereocenters. The molecule has 0 aliphatic rings. The Balaban J connectivity index is 0.0000116. The Bertz CT molecular complexity index is 648. The first-order chi connectivity index (χ1) is 16.4. The van der Waals surface area contributed by atoms with Gasteiger partial charge in [-0.3, -0.25) is 9.68 Å². The minimum atomic E-state index is -0.908. The Kier molecular flexibility index (Phi) is 21.0. The van der Waals surface area contributed by atoms with Crippen LogP contribution < -0.4 is 0 Å². The number of unbranched alkanes of at least 4 members (excludes halogenated alkanes) is 14. The standard InChI is InChI=1S/C29H48O5.Mn/c1-4-5-6-7-8-9-10-11-12-13-14-15-16-17-21-24-27(30)32-25-29(2,3)34-33-28(31)26-22-19-18-20-23-26;/h18-20,22-23H,4-17,21,24-25H2,1-3H3;. The van der Waals surface area contributed by atoms with E-state index in [1.807, 2.05) is 6.07 Å². The molecule has 0 unspecified atom stereocenters. The monoisotopic (exact) mass is 531 g/mol. The molecule has 0 aliphatic heterocycles. The third kappa shape index (κ3) is 19.5. The fourth-order valence-corrected chi connectivity index (χ4v) is 3.76. The molecule has 5 nitrogen and oxygen atoms in total. The summed E-state index contributed by atoms with van der Waals surface area (Å²) in [6.07, 6.45) is 19.9. The first kappa shape index (κ1) is 33.6. The molecule has 0 fully saturated rings. The van der Waals surface area contributed by atoms with Crippen molar-refractivity contribution >= 4 is 11.9 Å². The Morgan fingerprint density at radius 3 is 1.66 bits per heavy atom. The zero-order valence-electron chi connectivity index (χ0n) is 22.3. The van der Waals surface area contributed by atoms with Gasteiger partial charge in [0, 0.05) is 23.5 Å². The first-order valence-corrected chi connectivity index (χ1v) is 13.6. The van der Waals surface area contributed by atoms with E-state index >= 15 is 0 Å². The average Bonchev–Trinajstić information content (AvgIpc) is 2.84. The van der Waals surface area contributed by atoms with Crippen LogP contribution in [0, 0.1) is 0 Å². The van der Waals surface area contributed by atoms with E-state index in [1.54, 1.807) is 38.1 Å². The summed E-state index contributed by atoms with van der Waals surface area (Å²) in [6.45, 7) is 5.73. The van der Waals surface area contributed by atoms with Crippen molar-refractivity contribution in [3.05, 3.63) is 35.9 Å². The van der Waals surface area contributed by atoms with Crippen molar-refractivity contribution in [2.45, 2.75) is 129 Å². The number of hydrogen-bond acceptors (Lipinski definition) is 5. The van der Waals surface area contributed by atoms with Crippen LogP contribution in [-0.4, -0.2) is 24.1 Å². The van der Waals surface area contributed by atoms with E-state index in [0.29, 0.717) is 12.0 Å². The van der Waals surface area contributed by atoms with Crippen LogP contribution in [0.3, 0.4) is 0 Å². The van der Waals surface area contributed by atoms with Gasteiger partial charge in [0.15, 0.2) is 0 Å². The zero-order chi connectivity index (χ0) is 24.9. The van der Waals surface area contributed by atoms with Crippen molar-refractivity contribution in [3.8, 4) is 0 Å². The first-order valence-electron chi connectivity index (χ1n) is 13.6. The molecule has 1 aromatic rings. The Hall–Kier alpha value is -1.36. The van der Waals surface area contributed by atoms with Gasteiger partial charge in [-0.05, 0) is 32.4 Å². The molecule has 1 radical (unpaired) electrons. The Labute approximate surface area is 224 Å². The van der Waals surface area contributed by atoms with E-state index in [4.69, 9.17) is 14.5 Å². The summed E-state index contributed by atoms with van der Waals surface area (Å²) < 4.78 is 5.31. The molecule has 1 aromatic carbocycles. The topological polar surface area (TPSA) is 61.8 Å². The molecule has 201 valence electrons. The maximum atomic E-state index is 12.0. The predicted molar refractivity (Wildman–Crippen MR) is 138 cm³/mol. The molecule has 0 aliphatic carbocycles. The molecule has 0 amide bonds. The SMILES string of the molecule is CCCCCCCCCCCCCCCCCC(=O)OCC(C)(C)OOC(=O)c1ccccc1.[Mn]. The van der Waals surface area contributed by atoms with Crippen molar-refractivity contribution in [1.82, 2.24) is 0 Å². The second-order valence-electron chi connectivity index (χ2n) is 9.94. The number of carbonyl (C=O) groups is 2. The fourth-order valence-electron chi connectivity index (χ4n) is 3.76. The minimum absolute atomic E-state index is 0. The van der Waals surface area contributed by atoms with Crippen LogP contribution in [0.4, 0.5) is 0 Å². The van der Waals surface area contributed by atoms with Crippen molar-refractivity contribution < 1.29 is 41.2 Å². The van der Waals surface area contributed by atoms with Crippen LogP contribution >= 0.6 is 0 Å². The van der Waals surface area contributed by atoms with Crippen molar-refractivity contribution in [2.75, 3.05) is 6.61 Å². The minimum Gasteiger partial charge on any atom is -0.462 e. The van der Waals surface area contributed by atoms with Gasteiger partial charge in [0.1, 0.15) is 12.2 Å². The van der Waals surface area contributed by atoms with E-state index in [2.05, 4.69) is 6.92 Å². The third-order valence-corrected chi connectivity index (χ3v) is 5.92. The van der Waals surface area contributed by atoms with Gasteiger partial charge in [-0.1, -0.05) is 115 Å². The largest absolute Gasteiger partial charge is 0.462 e. The predicted octanol–water partition coefficient (Wildman–Crippen LogP) is 8.36.